The van der Waals surface area contributed by atoms with Crippen LogP contribution in [0.5, 0.6) is 0 Å². The number of piperidine rings is 1. The van der Waals surface area contributed by atoms with Crippen LogP contribution in [0.15, 0.2) is 35.4 Å². The van der Waals surface area contributed by atoms with Gasteiger partial charge in [0.15, 0.2) is 0 Å². The van der Waals surface area contributed by atoms with Gasteiger partial charge in [-0.2, -0.15) is 4.31 Å². The highest BCUT2D eigenvalue weighted by molar-refractivity contribution is 7.89. The topological polar surface area (TPSA) is 91.7 Å². The molecular formula is C23H32N4O4S. The van der Waals surface area contributed by atoms with Crippen molar-refractivity contribution in [1.29, 1.82) is 0 Å². The minimum atomic E-state index is -3.58. The van der Waals surface area contributed by atoms with Crippen LogP contribution in [0, 0.1) is 5.92 Å². The number of nitrogens with zero attached hydrogens (tertiary/aromatic N) is 3. The average Bonchev–Trinajstić information content (AvgIpc) is 3.41. The van der Waals surface area contributed by atoms with E-state index in [2.05, 4.69) is 16.8 Å². The second-order valence-corrected chi connectivity index (χ2v) is 10.6. The zero-order chi connectivity index (χ0) is 22.7. The lowest BCUT2D eigenvalue weighted by atomic mass is 9.97. The third-order valence-electron chi connectivity index (χ3n) is 6.62. The van der Waals surface area contributed by atoms with Crippen LogP contribution in [0.3, 0.4) is 0 Å². The summed E-state index contributed by atoms with van der Waals surface area (Å²) in [5.41, 5.74) is 1.02. The fourth-order valence-corrected chi connectivity index (χ4v) is 6.19. The molecule has 1 aromatic heterocycles. The quantitative estimate of drug-likeness (QED) is 0.612. The van der Waals surface area contributed by atoms with E-state index in [1.54, 1.807) is 12.1 Å². The number of likely N-dealkylation sites (tertiary alicyclic amines) is 1. The average molecular weight is 461 g/mol. The van der Waals surface area contributed by atoms with E-state index < -0.39 is 10.0 Å². The zero-order valence-corrected chi connectivity index (χ0v) is 19.4. The Bertz CT molecular complexity index is 1090. The largest absolute Gasteiger partial charge is 0.356 e. The highest BCUT2D eigenvalue weighted by Crippen LogP contribution is 2.27. The van der Waals surface area contributed by atoms with Crippen LogP contribution < -0.4 is 5.32 Å². The van der Waals surface area contributed by atoms with Crippen LogP contribution in [0.4, 0.5) is 0 Å². The van der Waals surface area contributed by atoms with Crippen molar-refractivity contribution in [2.75, 3.05) is 32.7 Å². The van der Waals surface area contributed by atoms with Gasteiger partial charge < -0.3 is 14.8 Å². The van der Waals surface area contributed by atoms with Crippen LogP contribution in [-0.4, -0.2) is 66.7 Å². The van der Waals surface area contributed by atoms with Crippen molar-refractivity contribution in [3.8, 4) is 0 Å². The molecule has 9 heteroatoms. The van der Waals surface area contributed by atoms with Crippen LogP contribution >= 0.6 is 0 Å². The number of nitrogens with one attached hydrogen (secondary N) is 1. The number of aromatic nitrogens is 1. The van der Waals surface area contributed by atoms with Gasteiger partial charge in [0.25, 0.3) is 0 Å². The molecule has 1 N–H and O–H groups in total. The first-order chi connectivity index (χ1) is 15.4. The molecule has 0 unspecified atom stereocenters. The predicted molar refractivity (Wildman–Crippen MR) is 123 cm³/mol. The lowest BCUT2D eigenvalue weighted by molar-refractivity contribution is -0.127. The zero-order valence-electron chi connectivity index (χ0n) is 18.6. The summed E-state index contributed by atoms with van der Waals surface area (Å²) in [4.78, 5) is 26.3. The SMILES string of the molecule is CCn1ccc2cc(S(=O)(=O)N3CCC(C(=O)NCCCN4CCCC4=O)CC3)ccc21. The predicted octanol–water partition coefficient (Wildman–Crippen LogP) is 2.19. The lowest BCUT2D eigenvalue weighted by Crippen LogP contribution is -2.43. The van der Waals surface area contributed by atoms with Gasteiger partial charge in [-0.25, -0.2) is 8.42 Å². The third kappa shape index (κ3) is 4.68. The summed E-state index contributed by atoms with van der Waals surface area (Å²) in [7, 11) is -3.58. The molecule has 0 aliphatic carbocycles. The molecule has 32 heavy (non-hydrogen) atoms. The van der Waals surface area contributed by atoms with Crippen molar-refractivity contribution < 1.29 is 18.0 Å². The number of benzene rings is 1. The van der Waals surface area contributed by atoms with Crippen molar-refractivity contribution in [1.82, 2.24) is 19.1 Å². The molecule has 0 bridgehead atoms. The smallest absolute Gasteiger partial charge is 0.243 e. The first-order valence-corrected chi connectivity index (χ1v) is 13.0. The molecule has 2 aliphatic rings. The van der Waals surface area contributed by atoms with E-state index >= 15 is 0 Å². The van der Waals surface area contributed by atoms with Crippen LogP contribution in [0.1, 0.15) is 39.0 Å². The van der Waals surface area contributed by atoms with Crippen molar-refractivity contribution in [2.24, 2.45) is 5.92 Å². The Balaban J connectivity index is 1.28. The van der Waals surface area contributed by atoms with Gasteiger partial charge in [-0.15, -0.1) is 0 Å². The van der Waals surface area contributed by atoms with Crippen molar-refractivity contribution in [3.63, 3.8) is 0 Å². The molecule has 174 valence electrons. The van der Waals surface area contributed by atoms with E-state index in [9.17, 15) is 18.0 Å². The second kappa shape index (κ2) is 9.62. The normalized spacial score (nSPS) is 18.5. The van der Waals surface area contributed by atoms with Gasteiger partial charge in [-0.3, -0.25) is 9.59 Å². The molecule has 2 aliphatic heterocycles. The van der Waals surface area contributed by atoms with E-state index in [0.29, 0.717) is 50.3 Å². The van der Waals surface area contributed by atoms with E-state index in [4.69, 9.17) is 0 Å². The van der Waals surface area contributed by atoms with Gasteiger partial charge in [0.2, 0.25) is 21.8 Å². The molecular weight excluding hydrogens is 428 g/mol. The van der Waals surface area contributed by atoms with Gasteiger partial charge in [-0.05, 0) is 56.9 Å². The number of amides is 2. The number of carbonyl (C=O) groups excluding carboxylic acids is 2. The van der Waals surface area contributed by atoms with Crippen molar-refractivity contribution in [2.45, 2.75) is 50.5 Å². The van der Waals surface area contributed by atoms with E-state index in [1.165, 1.54) is 4.31 Å². The number of fused-ring (bicyclic) bond motifs is 1. The molecule has 0 spiro atoms. The number of sulfonamides is 1. The molecule has 0 saturated carbocycles. The summed E-state index contributed by atoms with van der Waals surface area (Å²) in [5.74, 6) is 0.0139. The maximum absolute atomic E-state index is 13.1. The van der Waals surface area contributed by atoms with Gasteiger partial charge in [0, 0.05) is 68.7 Å². The fourth-order valence-electron chi connectivity index (χ4n) is 4.69. The maximum atomic E-state index is 13.1. The number of hydrogen-bond donors (Lipinski definition) is 1. The summed E-state index contributed by atoms with van der Waals surface area (Å²) in [6.07, 6.45) is 5.30. The Kier molecular flexibility index (Phi) is 6.85. The Labute approximate surface area is 189 Å². The van der Waals surface area contributed by atoms with Crippen LogP contribution in [0.25, 0.3) is 10.9 Å². The Morgan fingerprint density at radius 2 is 1.94 bits per heavy atom. The van der Waals surface area contributed by atoms with E-state index in [0.717, 1.165) is 36.8 Å². The molecule has 3 heterocycles. The monoisotopic (exact) mass is 460 g/mol. The first-order valence-electron chi connectivity index (χ1n) is 11.5. The maximum Gasteiger partial charge on any atom is 0.243 e. The summed E-state index contributed by atoms with van der Waals surface area (Å²) in [5, 5.41) is 3.87. The van der Waals surface area contributed by atoms with Crippen molar-refractivity contribution >= 4 is 32.7 Å². The van der Waals surface area contributed by atoms with Gasteiger partial charge in [-0.1, -0.05) is 0 Å². The molecule has 1 aromatic carbocycles. The van der Waals surface area contributed by atoms with Gasteiger partial charge in [0.05, 0.1) is 4.90 Å². The number of hydrogen-bond acceptors (Lipinski definition) is 4. The lowest BCUT2D eigenvalue weighted by Gasteiger charge is -2.30. The standard InChI is InChI=1S/C23H32N4O4S/c1-2-25-14-8-19-17-20(6-7-21(19)25)32(30,31)27-15-9-18(10-16-27)23(29)24-11-4-13-26-12-3-5-22(26)28/h6-8,14,17-18H,2-5,9-13,15-16H2,1H3,(H,24,29). The highest BCUT2D eigenvalue weighted by Gasteiger charge is 2.32. The number of aryl methyl sites for hydroxylation is 1. The van der Waals surface area contributed by atoms with Crippen molar-refractivity contribution in [3.05, 3.63) is 30.5 Å². The van der Waals surface area contributed by atoms with Crippen LogP contribution in [0.2, 0.25) is 0 Å². The molecule has 0 atom stereocenters. The van der Waals surface area contributed by atoms with Gasteiger partial charge >= 0.3 is 0 Å². The van der Waals surface area contributed by atoms with E-state index in [-0.39, 0.29) is 17.7 Å². The Morgan fingerprint density at radius 1 is 1.16 bits per heavy atom. The van der Waals surface area contributed by atoms with E-state index in [1.807, 2.05) is 23.2 Å². The highest BCUT2D eigenvalue weighted by atomic mass is 32.2. The molecule has 2 saturated heterocycles. The molecule has 8 nitrogen and oxygen atoms in total. The molecule has 0 radical (unpaired) electrons. The summed E-state index contributed by atoms with van der Waals surface area (Å²) < 4.78 is 29.8. The fraction of sp³-hybridized carbons (Fsp3) is 0.565. The Hall–Kier alpha value is -2.39. The number of rotatable bonds is 8. The molecule has 2 amide bonds. The molecule has 4 rings (SSSR count). The van der Waals surface area contributed by atoms with Gasteiger partial charge in [0.1, 0.15) is 0 Å². The first kappa shape index (κ1) is 22.8. The second-order valence-electron chi connectivity index (χ2n) is 8.63. The number of carbonyl (C=O) groups is 2. The Morgan fingerprint density at radius 3 is 2.62 bits per heavy atom. The summed E-state index contributed by atoms with van der Waals surface area (Å²) in [6, 6.07) is 7.21. The summed E-state index contributed by atoms with van der Waals surface area (Å²) >= 11 is 0. The minimum Gasteiger partial charge on any atom is -0.356 e. The summed E-state index contributed by atoms with van der Waals surface area (Å²) in [6.45, 7) is 5.62. The minimum absolute atomic E-state index is 0.0166. The molecule has 2 fully saturated rings. The van der Waals surface area contributed by atoms with Crippen LogP contribution in [-0.2, 0) is 26.2 Å². The molecule has 2 aromatic rings. The third-order valence-corrected chi connectivity index (χ3v) is 8.52.